The molecule has 2 rings (SSSR count). The zero-order valence-electron chi connectivity index (χ0n) is 10.1. The Labute approximate surface area is 116 Å². The molecule has 0 spiro atoms. The van der Waals surface area contributed by atoms with Crippen LogP contribution in [0.5, 0.6) is 5.75 Å². The van der Waals surface area contributed by atoms with Crippen LogP contribution in [-0.4, -0.2) is 21.6 Å². The maximum absolute atomic E-state index is 11.8. The molecule has 0 bridgehead atoms. The SMILES string of the molecule is Nc1cccc(OCCNS(=O)(=O)c2cccs2)c1. The van der Waals surface area contributed by atoms with Gasteiger partial charge < -0.3 is 10.5 Å². The maximum atomic E-state index is 11.8. The van der Waals surface area contributed by atoms with Crippen LogP contribution in [0.25, 0.3) is 0 Å². The Bertz CT molecular complexity index is 624. The molecule has 1 heterocycles. The van der Waals surface area contributed by atoms with Gasteiger partial charge >= 0.3 is 0 Å². The zero-order valence-corrected chi connectivity index (χ0v) is 11.7. The first-order valence-corrected chi connectivity index (χ1v) is 7.96. The van der Waals surface area contributed by atoms with Crippen LogP contribution in [0.3, 0.4) is 0 Å². The van der Waals surface area contributed by atoms with Gasteiger partial charge in [0.1, 0.15) is 16.6 Å². The average molecular weight is 298 g/mol. The van der Waals surface area contributed by atoms with E-state index in [-0.39, 0.29) is 13.2 Å². The molecule has 0 aliphatic carbocycles. The van der Waals surface area contributed by atoms with Crippen molar-refractivity contribution in [3.8, 4) is 5.75 Å². The van der Waals surface area contributed by atoms with Crippen molar-refractivity contribution in [1.82, 2.24) is 4.72 Å². The number of nitrogen functional groups attached to an aromatic ring is 1. The number of anilines is 1. The van der Waals surface area contributed by atoms with Crippen LogP contribution in [0.2, 0.25) is 0 Å². The summed E-state index contributed by atoms with van der Waals surface area (Å²) in [4.78, 5) is 0. The Morgan fingerprint density at radius 1 is 1.26 bits per heavy atom. The first-order chi connectivity index (χ1) is 9.08. The largest absolute Gasteiger partial charge is 0.492 e. The molecule has 0 aliphatic heterocycles. The number of nitrogens with two attached hydrogens (primary N) is 1. The Hall–Kier alpha value is -1.57. The number of sulfonamides is 1. The minimum atomic E-state index is -3.42. The van der Waals surface area contributed by atoms with Crippen LogP contribution in [0.15, 0.2) is 46.0 Å². The minimum absolute atomic E-state index is 0.203. The van der Waals surface area contributed by atoms with E-state index in [1.54, 1.807) is 41.8 Å². The molecule has 1 aromatic heterocycles. The summed E-state index contributed by atoms with van der Waals surface area (Å²) >= 11 is 1.18. The lowest BCUT2D eigenvalue weighted by Crippen LogP contribution is -2.27. The van der Waals surface area contributed by atoms with E-state index in [0.29, 0.717) is 15.6 Å². The van der Waals surface area contributed by atoms with E-state index in [1.165, 1.54) is 11.3 Å². The van der Waals surface area contributed by atoms with Crippen LogP contribution in [0.1, 0.15) is 0 Å². The lowest BCUT2D eigenvalue weighted by atomic mass is 10.3. The standard InChI is InChI=1S/C12H14N2O3S2/c13-10-3-1-4-11(9-10)17-7-6-14-19(15,16)12-5-2-8-18-12/h1-5,8-9,14H,6-7,13H2. The summed E-state index contributed by atoms with van der Waals surface area (Å²) in [7, 11) is -3.42. The fourth-order valence-electron chi connectivity index (χ4n) is 1.44. The summed E-state index contributed by atoms with van der Waals surface area (Å²) in [6.07, 6.45) is 0. The van der Waals surface area contributed by atoms with Crippen molar-refractivity contribution >= 4 is 27.0 Å². The topological polar surface area (TPSA) is 81.4 Å². The molecular weight excluding hydrogens is 284 g/mol. The smallest absolute Gasteiger partial charge is 0.250 e. The lowest BCUT2D eigenvalue weighted by Gasteiger charge is -2.07. The molecule has 102 valence electrons. The van der Waals surface area contributed by atoms with Crippen molar-refractivity contribution in [3.63, 3.8) is 0 Å². The van der Waals surface area contributed by atoms with Crippen molar-refractivity contribution in [1.29, 1.82) is 0 Å². The molecule has 19 heavy (non-hydrogen) atoms. The van der Waals surface area contributed by atoms with Crippen molar-refractivity contribution < 1.29 is 13.2 Å². The third-order valence-electron chi connectivity index (χ3n) is 2.28. The van der Waals surface area contributed by atoms with Gasteiger partial charge in [-0.1, -0.05) is 12.1 Å². The number of ether oxygens (including phenoxy) is 1. The van der Waals surface area contributed by atoms with E-state index < -0.39 is 10.0 Å². The molecule has 0 atom stereocenters. The van der Waals surface area contributed by atoms with E-state index >= 15 is 0 Å². The quantitative estimate of drug-likeness (QED) is 0.628. The maximum Gasteiger partial charge on any atom is 0.250 e. The summed E-state index contributed by atoms with van der Waals surface area (Å²) in [6.45, 7) is 0.448. The summed E-state index contributed by atoms with van der Waals surface area (Å²) in [5.41, 5.74) is 6.21. The molecule has 7 heteroatoms. The third-order valence-corrected chi connectivity index (χ3v) is 5.14. The van der Waals surface area contributed by atoms with Gasteiger partial charge in [-0.15, -0.1) is 11.3 Å². The Balaban J connectivity index is 1.81. The molecule has 3 N–H and O–H groups in total. The van der Waals surface area contributed by atoms with E-state index in [4.69, 9.17) is 10.5 Å². The number of nitrogens with one attached hydrogen (secondary N) is 1. The molecule has 0 saturated carbocycles. The van der Waals surface area contributed by atoms with Crippen LogP contribution >= 0.6 is 11.3 Å². The van der Waals surface area contributed by atoms with Crippen molar-refractivity contribution in [2.75, 3.05) is 18.9 Å². The van der Waals surface area contributed by atoms with Crippen molar-refractivity contribution in [2.24, 2.45) is 0 Å². The minimum Gasteiger partial charge on any atom is -0.492 e. The second-order valence-electron chi connectivity index (χ2n) is 3.75. The Morgan fingerprint density at radius 2 is 2.11 bits per heavy atom. The van der Waals surface area contributed by atoms with Crippen LogP contribution in [0.4, 0.5) is 5.69 Å². The van der Waals surface area contributed by atoms with Crippen molar-refractivity contribution in [2.45, 2.75) is 4.21 Å². The second-order valence-corrected chi connectivity index (χ2v) is 6.69. The molecular formula is C12H14N2O3S2. The summed E-state index contributed by atoms with van der Waals surface area (Å²) in [5.74, 6) is 0.621. The second kappa shape index (κ2) is 6.05. The van der Waals surface area contributed by atoms with Gasteiger partial charge in [0.15, 0.2) is 0 Å². The average Bonchev–Trinajstić information content (AvgIpc) is 2.89. The third kappa shape index (κ3) is 3.95. The number of benzene rings is 1. The predicted octanol–water partition coefficient (Wildman–Crippen LogP) is 1.69. The van der Waals surface area contributed by atoms with Gasteiger partial charge in [-0.25, -0.2) is 13.1 Å². The van der Waals surface area contributed by atoms with Gasteiger partial charge in [0.2, 0.25) is 10.0 Å². The summed E-state index contributed by atoms with van der Waals surface area (Å²) in [5, 5.41) is 1.72. The normalized spacial score (nSPS) is 11.4. The van der Waals surface area contributed by atoms with Crippen molar-refractivity contribution in [3.05, 3.63) is 41.8 Å². The van der Waals surface area contributed by atoms with E-state index in [0.717, 1.165) is 0 Å². The molecule has 0 fully saturated rings. The highest BCUT2D eigenvalue weighted by molar-refractivity contribution is 7.91. The molecule has 0 radical (unpaired) electrons. The lowest BCUT2D eigenvalue weighted by molar-refractivity contribution is 0.323. The number of hydrogen-bond acceptors (Lipinski definition) is 5. The molecule has 5 nitrogen and oxygen atoms in total. The monoisotopic (exact) mass is 298 g/mol. The molecule has 0 unspecified atom stereocenters. The van der Waals surface area contributed by atoms with E-state index in [9.17, 15) is 8.42 Å². The summed E-state index contributed by atoms with van der Waals surface area (Å²) < 4.78 is 31.7. The zero-order chi connectivity index (χ0) is 13.7. The Kier molecular flexibility index (Phi) is 4.41. The molecule has 0 saturated heterocycles. The highest BCUT2D eigenvalue weighted by Gasteiger charge is 2.13. The van der Waals surface area contributed by atoms with Gasteiger partial charge in [0.25, 0.3) is 0 Å². The number of hydrogen-bond donors (Lipinski definition) is 2. The van der Waals surface area contributed by atoms with Gasteiger partial charge in [-0.05, 0) is 23.6 Å². The molecule has 1 aromatic carbocycles. The van der Waals surface area contributed by atoms with Gasteiger partial charge in [0, 0.05) is 18.3 Å². The van der Waals surface area contributed by atoms with Gasteiger partial charge in [-0.2, -0.15) is 0 Å². The van der Waals surface area contributed by atoms with Gasteiger partial charge in [-0.3, -0.25) is 0 Å². The highest BCUT2D eigenvalue weighted by atomic mass is 32.2. The fourth-order valence-corrected chi connectivity index (χ4v) is 3.49. The fraction of sp³-hybridized carbons (Fsp3) is 0.167. The van der Waals surface area contributed by atoms with Gasteiger partial charge in [0.05, 0.1) is 0 Å². The highest BCUT2D eigenvalue weighted by Crippen LogP contribution is 2.16. The van der Waals surface area contributed by atoms with Crippen LogP contribution < -0.4 is 15.2 Å². The summed E-state index contributed by atoms with van der Waals surface area (Å²) in [6, 6.07) is 10.2. The first-order valence-electron chi connectivity index (χ1n) is 5.59. The number of thiophene rings is 1. The molecule has 2 aromatic rings. The predicted molar refractivity (Wildman–Crippen MR) is 75.9 cm³/mol. The van der Waals surface area contributed by atoms with Crippen LogP contribution in [-0.2, 0) is 10.0 Å². The van der Waals surface area contributed by atoms with Crippen LogP contribution in [0, 0.1) is 0 Å². The van der Waals surface area contributed by atoms with E-state index in [1.807, 2.05) is 0 Å². The molecule has 0 aliphatic rings. The first kappa shape index (κ1) is 13.9. The molecule has 0 amide bonds. The number of rotatable bonds is 6. The van der Waals surface area contributed by atoms with E-state index in [2.05, 4.69) is 4.72 Å². The Morgan fingerprint density at radius 3 is 2.79 bits per heavy atom.